The van der Waals surface area contributed by atoms with E-state index in [0.717, 1.165) is 18.6 Å². The molecule has 1 aliphatic carbocycles. The molecule has 0 radical (unpaired) electrons. The van der Waals surface area contributed by atoms with Gasteiger partial charge in [-0.1, -0.05) is 0 Å². The smallest absolute Gasteiger partial charge is 0.335 e. The molecule has 14 heteroatoms. The van der Waals surface area contributed by atoms with Crippen molar-refractivity contribution >= 4 is 16.9 Å². The second kappa shape index (κ2) is 12.6. The second-order valence-electron chi connectivity index (χ2n) is 11.0. The van der Waals surface area contributed by atoms with E-state index in [1.807, 2.05) is 0 Å². The van der Waals surface area contributed by atoms with Crippen molar-refractivity contribution in [2.75, 3.05) is 13.7 Å². The zero-order valence-corrected chi connectivity index (χ0v) is 23.7. The molecule has 0 bridgehead atoms. The fourth-order valence-corrected chi connectivity index (χ4v) is 5.65. The lowest BCUT2D eigenvalue weighted by Gasteiger charge is -2.39. The third kappa shape index (κ3) is 6.18. The minimum absolute atomic E-state index is 0.0735. The van der Waals surface area contributed by atoms with Crippen LogP contribution < -0.4 is 19.6 Å². The van der Waals surface area contributed by atoms with E-state index in [0.29, 0.717) is 24.2 Å². The Balaban J connectivity index is 1.61. The average molecular weight is 619 g/mol. The number of phenols is 1. The molecule has 238 valence electrons. The summed E-state index contributed by atoms with van der Waals surface area (Å²) < 4.78 is 28.0. The fourth-order valence-electron chi connectivity index (χ4n) is 5.65. The number of hydrogen-bond donors (Lipinski definition) is 7. The minimum Gasteiger partial charge on any atom is -0.504 e. The van der Waals surface area contributed by atoms with Crippen LogP contribution in [0, 0.1) is 5.92 Å². The predicted octanol–water partition coefficient (Wildman–Crippen LogP) is 1.09. The Morgan fingerprint density at radius 3 is 2.48 bits per heavy atom. The van der Waals surface area contributed by atoms with E-state index in [2.05, 4.69) is 0 Å². The van der Waals surface area contributed by atoms with Crippen molar-refractivity contribution < 1.29 is 63.9 Å². The summed E-state index contributed by atoms with van der Waals surface area (Å²) in [4.78, 5) is 24.9. The molecule has 3 aromatic rings. The lowest BCUT2D eigenvalue weighted by molar-refractivity contribution is -0.271. The van der Waals surface area contributed by atoms with Crippen molar-refractivity contribution in [1.29, 1.82) is 0 Å². The van der Waals surface area contributed by atoms with Crippen molar-refractivity contribution in [3.8, 4) is 34.3 Å². The summed E-state index contributed by atoms with van der Waals surface area (Å²) in [6.07, 6.45) is -7.99. The zero-order valence-electron chi connectivity index (χ0n) is 23.7. The monoisotopic (exact) mass is 618 g/mol. The number of aliphatic carboxylic acids is 1. The van der Waals surface area contributed by atoms with E-state index >= 15 is 0 Å². The largest absolute Gasteiger partial charge is 0.504 e. The highest BCUT2D eigenvalue weighted by Gasteiger charge is 2.49. The molecule has 0 amide bonds. The van der Waals surface area contributed by atoms with Gasteiger partial charge in [0.05, 0.1) is 7.11 Å². The third-order valence-electron chi connectivity index (χ3n) is 7.96. The normalized spacial score (nSPS) is 28.9. The van der Waals surface area contributed by atoms with Crippen molar-refractivity contribution in [2.45, 2.75) is 68.6 Å². The first-order valence-electron chi connectivity index (χ1n) is 14.0. The highest BCUT2D eigenvalue weighted by Crippen LogP contribution is 2.47. The Kier molecular flexibility index (Phi) is 9.02. The summed E-state index contributed by atoms with van der Waals surface area (Å²) in [6, 6.07) is 8.88. The van der Waals surface area contributed by atoms with Gasteiger partial charge in [-0.15, -0.1) is 0 Å². The first-order chi connectivity index (χ1) is 20.9. The molecule has 0 unspecified atom stereocenters. The van der Waals surface area contributed by atoms with Crippen molar-refractivity contribution in [3.05, 3.63) is 46.6 Å². The number of carboxylic acid groups (broad SMARTS) is 1. The predicted molar refractivity (Wildman–Crippen MR) is 150 cm³/mol. The van der Waals surface area contributed by atoms with Crippen LogP contribution in [0.25, 0.3) is 22.3 Å². The van der Waals surface area contributed by atoms with Gasteiger partial charge in [0.2, 0.25) is 17.8 Å². The molecule has 1 aromatic heterocycles. The maximum atomic E-state index is 13.3. The highest BCUT2D eigenvalue weighted by molar-refractivity contribution is 5.89. The standard InChI is InChI=1S/C30H34O14/c1-40-16-6-4-15(5-7-16)18-11-17(32)21-19(41-18)12-20(42-29-25(36)23(34)24(35)27(43-29)28(37)38)26(22(21)33)44-30(39)9-2-3-14(13-30)8-10-31/h4-7,11-12,14,23-25,27,29,31,33-36,39H,2-3,8-10,13H2,1H3,(H,37,38)/t14-,23-,24+,25-,27+,29+,30-/m1/s1. The fraction of sp³-hybridized carbons (Fsp3) is 0.467. The zero-order chi connectivity index (χ0) is 31.8. The van der Waals surface area contributed by atoms with Gasteiger partial charge >= 0.3 is 5.97 Å². The van der Waals surface area contributed by atoms with Crippen molar-refractivity contribution in [2.24, 2.45) is 5.92 Å². The number of ether oxygens (including phenoxy) is 4. The Hall–Kier alpha value is -3.92. The summed E-state index contributed by atoms with van der Waals surface area (Å²) in [5.41, 5.74) is -0.373. The summed E-state index contributed by atoms with van der Waals surface area (Å²) in [5, 5.41) is 72.2. The van der Waals surface area contributed by atoms with E-state index in [1.165, 1.54) is 7.11 Å². The number of methoxy groups -OCH3 is 1. The van der Waals surface area contributed by atoms with Crippen LogP contribution in [-0.4, -0.2) is 91.9 Å². The second-order valence-corrected chi connectivity index (χ2v) is 11.0. The molecular formula is C30H34O14. The van der Waals surface area contributed by atoms with Crippen LogP contribution >= 0.6 is 0 Å². The Labute approximate surface area is 250 Å². The Morgan fingerprint density at radius 1 is 1.09 bits per heavy atom. The van der Waals surface area contributed by atoms with Gasteiger partial charge in [-0.05, 0) is 49.4 Å². The maximum absolute atomic E-state index is 13.3. The van der Waals surface area contributed by atoms with Crippen LogP contribution in [0.15, 0.2) is 45.6 Å². The summed E-state index contributed by atoms with van der Waals surface area (Å²) in [5.74, 6) is -4.68. The van der Waals surface area contributed by atoms with Gasteiger partial charge in [-0.2, -0.15) is 0 Å². The number of carbonyl (C=O) groups is 1. The molecule has 7 atom stereocenters. The molecule has 2 fully saturated rings. The van der Waals surface area contributed by atoms with E-state index in [-0.39, 0.29) is 42.1 Å². The van der Waals surface area contributed by atoms with E-state index in [4.69, 9.17) is 23.4 Å². The number of aliphatic hydroxyl groups excluding tert-OH is 4. The Morgan fingerprint density at radius 2 is 1.82 bits per heavy atom. The number of rotatable bonds is 9. The lowest BCUT2D eigenvalue weighted by atomic mass is 9.83. The quantitative estimate of drug-likeness (QED) is 0.167. The van der Waals surface area contributed by atoms with Gasteiger partial charge in [-0.3, -0.25) is 4.79 Å². The molecule has 1 saturated carbocycles. The van der Waals surface area contributed by atoms with Crippen LogP contribution in [0.5, 0.6) is 23.0 Å². The first-order valence-corrected chi connectivity index (χ1v) is 14.0. The van der Waals surface area contributed by atoms with Gasteiger partial charge in [0.25, 0.3) is 0 Å². The van der Waals surface area contributed by atoms with Gasteiger partial charge in [0.15, 0.2) is 23.0 Å². The topological polar surface area (TPSA) is 226 Å². The maximum Gasteiger partial charge on any atom is 0.335 e. The molecule has 1 saturated heterocycles. The van der Waals surface area contributed by atoms with E-state index in [1.54, 1.807) is 24.3 Å². The lowest BCUT2D eigenvalue weighted by Crippen LogP contribution is -2.61. The number of aliphatic hydroxyl groups is 5. The molecule has 5 rings (SSSR count). The number of aromatic hydroxyl groups is 1. The first kappa shape index (κ1) is 31.5. The molecule has 2 heterocycles. The number of fused-ring (bicyclic) bond motifs is 1. The minimum atomic E-state index is -1.99. The summed E-state index contributed by atoms with van der Waals surface area (Å²) in [7, 11) is 1.50. The van der Waals surface area contributed by atoms with Crippen LogP contribution in [0.4, 0.5) is 0 Å². The molecule has 7 N–H and O–H groups in total. The Bertz CT molecular complexity index is 1550. The molecule has 0 spiro atoms. The van der Waals surface area contributed by atoms with Crippen LogP contribution in [0.2, 0.25) is 0 Å². The number of carboxylic acids is 1. The third-order valence-corrected chi connectivity index (χ3v) is 7.96. The number of phenolic OH excluding ortho intramolecular Hbond substituents is 1. The van der Waals surface area contributed by atoms with Crippen LogP contribution in [-0.2, 0) is 9.53 Å². The summed E-state index contributed by atoms with van der Waals surface area (Å²) in [6.45, 7) is -0.107. The van der Waals surface area contributed by atoms with Gasteiger partial charge < -0.3 is 59.1 Å². The summed E-state index contributed by atoms with van der Waals surface area (Å²) >= 11 is 0. The average Bonchev–Trinajstić information content (AvgIpc) is 2.99. The number of benzene rings is 2. The van der Waals surface area contributed by atoms with Gasteiger partial charge in [0.1, 0.15) is 40.8 Å². The molecule has 14 nitrogen and oxygen atoms in total. The molecule has 2 aliphatic rings. The molecule has 44 heavy (non-hydrogen) atoms. The van der Waals surface area contributed by atoms with Crippen LogP contribution in [0.1, 0.15) is 32.1 Å². The molecular weight excluding hydrogens is 584 g/mol. The van der Waals surface area contributed by atoms with Crippen LogP contribution in [0.3, 0.4) is 0 Å². The molecule has 2 aromatic carbocycles. The van der Waals surface area contributed by atoms with Gasteiger partial charge in [0, 0.05) is 37.1 Å². The van der Waals surface area contributed by atoms with Crippen molar-refractivity contribution in [3.63, 3.8) is 0 Å². The number of hydrogen-bond acceptors (Lipinski definition) is 13. The molecule has 1 aliphatic heterocycles. The van der Waals surface area contributed by atoms with E-state index < -0.39 is 65.1 Å². The van der Waals surface area contributed by atoms with Gasteiger partial charge in [-0.25, -0.2) is 4.79 Å². The van der Waals surface area contributed by atoms with E-state index in [9.17, 15) is 45.3 Å². The SMILES string of the molecule is COc1ccc(-c2cc(=O)c3c(O)c(O[C@]4(O)CCC[C@H](CCO)C4)c(O[C@H]4O[C@H](C(=O)O)[C@@H](O)[C@@H](O)[C@H]4O)cc3o2)cc1. The highest BCUT2D eigenvalue weighted by atomic mass is 16.7. The van der Waals surface area contributed by atoms with Crippen molar-refractivity contribution in [1.82, 2.24) is 0 Å².